The first-order valence-electron chi connectivity index (χ1n) is 13.8. The fourth-order valence-corrected chi connectivity index (χ4v) is 5.04. The van der Waals surface area contributed by atoms with Crippen molar-refractivity contribution < 1.29 is 23.8 Å². The molecule has 1 aromatic heterocycles. The number of carboxylic acid groups (broad SMARTS) is 1. The molecular formula is C33H34ClFN4O4. The number of benzene rings is 3. The summed E-state index contributed by atoms with van der Waals surface area (Å²) in [6.07, 6.45) is 4.22. The number of carbonyl (C=O) groups is 2. The summed E-state index contributed by atoms with van der Waals surface area (Å²) >= 11 is 6.54. The number of allylic oxidation sites excluding steroid dienone is 1. The van der Waals surface area contributed by atoms with Gasteiger partial charge in [-0.05, 0) is 70.7 Å². The first-order chi connectivity index (χ1) is 20.6. The lowest BCUT2D eigenvalue weighted by Gasteiger charge is -2.19. The molecule has 4 rings (SSSR count). The van der Waals surface area contributed by atoms with Crippen LogP contribution in [0.3, 0.4) is 0 Å². The number of aryl methyl sites for hydroxylation is 1. The summed E-state index contributed by atoms with van der Waals surface area (Å²) in [5.74, 6) is -0.0423. The monoisotopic (exact) mass is 604 g/mol. The van der Waals surface area contributed by atoms with E-state index in [-0.39, 0.29) is 25.6 Å². The van der Waals surface area contributed by atoms with Crippen LogP contribution < -0.4 is 4.74 Å². The van der Waals surface area contributed by atoms with E-state index in [4.69, 9.17) is 16.3 Å². The van der Waals surface area contributed by atoms with Crippen molar-refractivity contribution in [1.29, 1.82) is 0 Å². The van der Waals surface area contributed by atoms with Crippen molar-refractivity contribution in [1.82, 2.24) is 19.6 Å². The van der Waals surface area contributed by atoms with Gasteiger partial charge < -0.3 is 19.6 Å². The van der Waals surface area contributed by atoms with Crippen LogP contribution in [0, 0.1) is 5.82 Å². The fourth-order valence-electron chi connectivity index (χ4n) is 4.76. The molecule has 8 nitrogen and oxygen atoms in total. The van der Waals surface area contributed by atoms with Crippen LogP contribution in [0.4, 0.5) is 9.18 Å². The maximum absolute atomic E-state index is 13.9. The molecule has 43 heavy (non-hydrogen) atoms. The zero-order valence-corrected chi connectivity index (χ0v) is 25.3. The van der Waals surface area contributed by atoms with Crippen molar-refractivity contribution in [3.8, 4) is 5.75 Å². The molecule has 1 N–H and O–H groups in total. The number of rotatable bonds is 11. The minimum Gasteiger partial charge on any atom is -0.492 e. The summed E-state index contributed by atoms with van der Waals surface area (Å²) < 4.78 is 21.6. The summed E-state index contributed by atoms with van der Waals surface area (Å²) in [5, 5.41) is 15.2. The van der Waals surface area contributed by atoms with Gasteiger partial charge in [0.15, 0.2) is 0 Å². The Morgan fingerprint density at radius 2 is 1.79 bits per heavy atom. The number of nitrogens with zero attached hydrogens (tertiary/aromatic N) is 4. The van der Waals surface area contributed by atoms with Crippen molar-refractivity contribution >= 4 is 45.7 Å². The minimum absolute atomic E-state index is 0.0678. The van der Waals surface area contributed by atoms with E-state index in [2.05, 4.69) is 11.2 Å². The molecule has 0 atom stereocenters. The molecule has 0 saturated carbocycles. The number of halogens is 2. The first kappa shape index (κ1) is 31.3. The topological polar surface area (TPSA) is 87.9 Å². The third kappa shape index (κ3) is 7.61. The van der Waals surface area contributed by atoms with E-state index >= 15 is 0 Å². The highest BCUT2D eigenvalue weighted by molar-refractivity contribution is 6.32. The molecule has 0 saturated heterocycles. The van der Waals surface area contributed by atoms with Gasteiger partial charge in [-0.25, -0.2) is 9.18 Å². The summed E-state index contributed by atoms with van der Waals surface area (Å²) in [4.78, 5) is 25.9. The summed E-state index contributed by atoms with van der Waals surface area (Å²) in [7, 11) is 5.14. The number of fused-ring (bicyclic) bond motifs is 1. The van der Waals surface area contributed by atoms with E-state index in [1.165, 1.54) is 34.1 Å². The van der Waals surface area contributed by atoms with Gasteiger partial charge in [0.25, 0.3) is 0 Å². The van der Waals surface area contributed by atoms with Crippen molar-refractivity contribution in [3.63, 3.8) is 0 Å². The van der Waals surface area contributed by atoms with Crippen molar-refractivity contribution in [3.05, 3.63) is 107 Å². The summed E-state index contributed by atoms with van der Waals surface area (Å²) in [6, 6.07) is 18.1. The molecule has 0 spiro atoms. The first-order valence-corrected chi connectivity index (χ1v) is 14.2. The molecule has 0 bridgehead atoms. The van der Waals surface area contributed by atoms with Gasteiger partial charge in [0.2, 0.25) is 5.91 Å². The smallest absolute Gasteiger partial charge is 0.407 e. The Kier molecular flexibility index (Phi) is 10.2. The molecule has 2 amide bonds. The standard InChI is InChI=1S/C33H34ClFN4O4/c1-5-27(28-14-11-25(35)20-29(28)34)32(23-10-15-30-24(19-23)21-36-38(30)4)22-8-12-26(13-9-22)43-18-17-39(33(41)42)16-6-7-31(40)37(2)3/h6-15,19-21H,5,16-18H2,1-4H3,(H,41,42). The van der Waals surface area contributed by atoms with Crippen LogP contribution in [0.15, 0.2) is 79.0 Å². The average molecular weight is 605 g/mol. The second-order valence-electron chi connectivity index (χ2n) is 10.1. The molecule has 0 radical (unpaired) electrons. The lowest BCUT2D eigenvalue weighted by atomic mass is 9.87. The Morgan fingerprint density at radius 1 is 1.07 bits per heavy atom. The van der Waals surface area contributed by atoms with Crippen molar-refractivity contribution in [2.45, 2.75) is 13.3 Å². The lowest BCUT2D eigenvalue weighted by molar-refractivity contribution is -0.123. The van der Waals surface area contributed by atoms with Gasteiger partial charge in [0.05, 0.1) is 23.3 Å². The van der Waals surface area contributed by atoms with Gasteiger partial charge in [0, 0.05) is 39.2 Å². The Balaban J connectivity index is 1.60. The highest BCUT2D eigenvalue weighted by atomic mass is 35.5. The van der Waals surface area contributed by atoms with Gasteiger partial charge in [-0.3, -0.25) is 9.48 Å². The Hall–Kier alpha value is -4.63. The summed E-state index contributed by atoms with van der Waals surface area (Å²) in [6.45, 7) is 2.36. The van der Waals surface area contributed by atoms with Crippen molar-refractivity contribution in [2.75, 3.05) is 33.8 Å². The largest absolute Gasteiger partial charge is 0.492 e. The maximum Gasteiger partial charge on any atom is 0.407 e. The molecule has 1 heterocycles. The van der Waals surface area contributed by atoms with Crippen LogP contribution in [0.25, 0.3) is 22.0 Å². The molecule has 0 aliphatic carbocycles. The van der Waals surface area contributed by atoms with Gasteiger partial charge in [-0.2, -0.15) is 5.10 Å². The number of ether oxygens (including phenoxy) is 1. The van der Waals surface area contributed by atoms with Gasteiger partial charge in [0.1, 0.15) is 18.2 Å². The van der Waals surface area contributed by atoms with Gasteiger partial charge in [-0.1, -0.05) is 48.9 Å². The van der Waals surface area contributed by atoms with Crippen LogP contribution in [-0.4, -0.2) is 70.5 Å². The molecule has 3 aromatic carbocycles. The molecular weight excluding hydrogens is 571 g/mol. The highest BCUT2D eigenvalue weighted by Crippen LogP contribution is 2.38. The Morgan fingerprint density at radius 3 is 2.44 bits per heavy atom. The fraction of sp³-hybridized carbons (Fsp3) is 0.242. The van der Waals surface area contributed by atoms with E-state index in [9.17, 15) is 19.1 Å². The zero-order chi connectivity index (χ0) is 31.1. The van der Waals surface area contributed by atoms with E-state index in [0.717, 1.165) is 38.7 Å². The van der Waals surface area contributed by atoms with E-state index in [1.807, 2.05) is 61.2 Å². The van der Waals surface area contributed by atoms with Crippen LogP contribution in [0.2, 0.25) is 5.02 Å². The molecule has 0 fully saturated rings. The second kappa shape index (κ2) is 14.0. The number of aromatic nitrogens is 2. The van der Waals surface area contributed by atoms with Crippen LogP contribution >= 0.6 is 11.6 Å². The average Bonchev–Trinajstić information content (AvgIpc) is 3.35. The molecule has 0 unspecified atom stereocenters. The van der Waals surface area contributed by atoms with Crippen LogP contribution in [-0.2, 0) is 11.8 Å². The number of carbonyl (C=O) groups excluding carboxylic acids is 1. The molecule has 10 heteroatoms. The normalized spacial score (nSPS) is 12.0. The molecule has 0 aliphatic heterocycles. The SMILES string of the molecule is CCC(=C(c1ccc(OCCN(CC=CC(=O)N(C)C)C(=O)O)cc1)c1ccc2c(cnn2C)c1)c1ccc(F)cc1Cl. The number of amides is 2. The van der Waals surface area contributed by atoms with Gasteiger partial charge >= 0.3 is 6.09 Å². The zero-order valence-electron chi connectivity index (χ0n) is 24.6. The predicted octanol–water partition coefficient (Wildman–Crippen LogP) is 6.74. The number of hydrogen-bond acceptors (Lipinski definition) is 4. The molecule has 0 aliphatic rings. The van der Waals surface area contributed by atoms with Gasteiger partial charge in [-0.15, -0.1) is 0 Å². The third-order valence-corrected chi connectivity index (χ3v) is 7.33. The maximum atomic E-state index is 13.9. The van der Waals surface area contributed by atoms with E-state index < -0.39 is 11.9 Å². The Labute approximate surface area is 255 Å². The quantitative estimate of drug-likeness (QED) is 0.151. The highest BCUT2D eigenvalue weighted by Gasteiger charge is 2.17. The third-order valence-electron chi connectivity index (χ3n) is 7.02. The number of hydrogen-bond donors (Lipinski definition) is 1. The Bertz CT molecular complexity index is 1680. The van der Waals surface area contributed by atoms with E-state index in [0.29, 0.717) is 17.2 Å². The minimum atomic E-state index is -1.10. The summed E-state index contributed by atoms with van der Waals surface area (Å²) in [5.41, 5.74) is 5.53. The molecule has 224 valence electrons. The molecule has 4 aromatic rings. The van der Waals surface area contributed by atoms with E-state index in [1.54, 1.807) is 20.2 Å². The number of likely N-dealkylation sites (N-methyl/N-ethyl adjacent to an activating group) is 1. The van der Waals surface area contributed by atoms with Crippen LogP contribution in [0.1, 0.15) is 30.0 Å². The van der Waals surface area contributed by atoms with Crippen LogP contribution in [0.5, 0.6) is 5.75 Å². The van der Waals surface area contributed by atoms with Crippen molar-refractivity contribution in [2.24, 2.45) is 7.05 Å². The second-order valence-corrected chi connectivity index (χ2v) is 10.5. The lowest BCUT2D eigenvalue weighted by Crippen LogP contribution is -2.33. The predicted molar refractivity (Wildman–Crippen MR) is 168 cm³/mol.